The molecule has 5 nitrogen and oxygen atoms in total. The molecule has 0 unspecified atom stereocenters. The Morgan fingerprint density at radius 1 is 1.75 bits per heavy atom. The average molecular weight is 232 g/mol. The maximum absolute atomic E-state index is 10.2. The summed E-state index contributed by atoms with van der Waals surface area (Å²) in [7, 11) is 0. The van der Waals surface area contributed by atoms with Gasteiger partial charge in [0.15, 0.2) is 4.67 Å². The van der Waals surface area contributed by atoms with Crippen molar-refractivity contribution in [1.82, 2.24) is 5.43 Å². The van der Waals surface area contributed by atoms with Crippen molar-refractivity contribution in [1.29, 1.82) is 0 Å². The van der Waals surface area contributed by atoms with E-state index in [-0.39, 0.29) is 0 Å². The zero-order chi connectivity index (χ0) is 8.97. The number of carbonyl (C=O) groups excluding carboxylic acids is 1. The molecule has 0 saturated heterocycles. The first-order valence-corrected chi connectivity index (χ1v) is 3.81. The lowest BCUT2D eigenvalue weighted by Crippen LogP contribution is -2.24. The van der Waals surface area contributed by atoms with Gasteiger partial charge in [0.1, 0.15) is 5.76 Å². The molecule has 0 aliphatic heterocycles. The fraction of sp³-hybridized carbons (Fsp3) is 0. The molecule has 0 saturated carbocycles. The lowest BCUT2D eigenvalue weighted by molar-refractivity contribution is 0.249. The van der Waals surface area contributed by atoms with Crippen LogP contribution >= 0.6 is 15.9 Å². The highest BCUT2D eigenvalue weighted by Gasteiger charge is 1.94. The van der Waals surface area contributed by atoms with Crippen molar-refractivity contribution in [3.8, 4) is 0 Å². The van der Waals surface area contributed by atoms with E-state index in [1.165, 1.54) is 6.21 Å². The molecule has 1 aromatic rings. The van der Waals surface area contributed by atoms with Gasteiger partial charge < -0.3 is 10.2 Å². The average Bonchev–Trinajstić information content (AvgIpc) is 2.35. The third-order valence-corrected chi connectivity index (χ3v) is 1.39. The molecular weight excluding hydrogens is 226 g/mol. The molecule has 1 aromatic heterocycles. The van der Waals surface area contributed by atoms with Crippen LogP contribution in [0.25, 0.3) is 0 Å². The number of hydrogen-bond acceptors (Lipinski definition) is 3. The third kappa shape index (κ3) is 2.75. The molecule has 3 N–H and O–H groups in total. The maximum atomic E-state index is 10.2. The van der Waals surface area contributed by atoms with Crippen LogP contribution in [0.4, 0.5) is 4.79 Å². The maximum Gasteiger partial charge on any atom is 0.332 e. The number of nitrogens with zero attached hydrogens (tertiary/aromatic N) is 1. The molecule has 0 atom stereocenters. The number of nitrogens with one attached hydrogen (secondary N) is 1. The smallest absolute Gasteiger partial charge is 0.332 e. The number of urea groups is 1. The topological polar surface area (TPSA) is 80.6 Å². The predicted octanol–water partition coefficient (Wildman–Crippen LogP) is 1.04. The van der Waals surface area contributed by atoms with Crippen LogP contribution in [0.5, 0.6) is 0 Å². The van der Waals surface area contributed by atoms with Gasteiger partial charge >= 0.3 is 6.03 Å². The number of hydrogen-bond donors (Lipinski definition) is 2. The highest BCUT2D eigenvalue weighted by Crippen LogP contribution is 2.11. The normalized spacial score (nSPS) is 10.4. The van der Waals surface area contributed by atoms with Crippen molar-refractivity contribution in [2.75, 3.05) is 0 Å². The summed E-state index contributed by atoms with van der Waals surface area (Å²) in [5, 5.41) is 3.49. The highest BCUT2D eigenvalue weighted by molar-refractivity contribution is 9.10. The summed E-state index contributed by atoms with van der Waals surface area (Å²) >= 11 is 3.11. The minimum atomic E-state index is -0.711. The standard InChI is InChI=1S/C6H6BrN3O2/c7-5-2-1-4(12-5)3-9-10-6(8)11/h1-3H,(H3,8,10,11)/b9-3-. The summed E-state index contributed by atoms with van der Waals surface area (Å²) in [6.45, 7) is 0. The van der Waals surface area contributed by atoms with Crippen LogP contribution in [-0.2, 0) is 0 Å². The number of hydrazone groups is 1. The fourth-order valence-corrected chi connectivity index (χ4v) is 0.876. The minimum Gasteiger partial charge on any atom is -0.448 e. The largest absolute Gasteiger partial charge is 0.448 e. The number of carbonyl (C=O) groups is 1. The number of halogens is 1. The molecule has 0 aromatic carbocycles. The Morgan fingerprint density at radius 3 is 3.00 bits per heavy atom. The first kappa shape index (κ1) is 8.79. The van der Waals surface area contributed by atoms with Crippen LogP contribution in [0.2, 0.25) is 0 Å². The van der Waals surface area contributed by atoms with Gasteiger partial charge in [-0.2, -0.15) is 5.10 Å². The van der Waals surface area contributed by atoms with Crippen LogP contribution in [0, 0.1) is 0 Å². The predicted molar refractivity (Wildman–Crippen MR) is 46.7 cm³/mol. The zero-order valence-electron chi connectivity index (χ0n) is 5.95. The van der Waals surface area contributed by atoms with Gasteiger partial charge in [-0.1, -0.05) is 0 Å². The molecule has 2 amide bonds. The van der Waals surface area contributed by atoms with E-state index in [9.17, 15) is 4.79 Å². The van der Waals surface area contributed by atoms with Crippen molar-refractivity contribution < 1.29 is 9.21 Å². The number of rotatable bonds is 2. The summed E-state index contributed by atoms with van der Waals surface area (Å²) in [5.74, 6) is 0.524. The van der Waals surface area contributed by atoms with Crippen LogP contribution < -0.4 is 11.2 Å². The van der Waals surface area contributed by atoms with Gasteiger partial charge in [-0.3, -0.25) is 0 Å². The summed E-state index contributed by atoms with van der Waals surface area (Å²) in [6.07, 6.45) is 1.34. The van der Waals surface area contributed by atoms with E-state index in [2.05, 4.69) is 21.0 Å². The Morgan fingerprint density at radius 2 is 2.50 bits per heavy atom. The van der Waals surface area contributed by atoms with Crippen LogP contribution in [0.3, 0.4) is 0 Å². The van der Waals surface area contributed by atoms with Crippen molar-refractivity contribution >= 4 is 28.2 Å². The Balaban J connectivity index is 2.52. The van der Waals surface area contributed by atoms with Gasteiger partial charge in [0, 0.05) is 0 Å². The van der Waals surface area contributed by atoms with Gasteiger partial charge in [0.25, 0.3) is 0 Å². The van der Waals surface area contributed by atoms with Gasteiger partial charge in [-0.15, -0.1) is 0 Å². The zero-order valence-corrected chi connectivity index (χ0v) is 7.54. The first-order chi connectivity index (χ1) is 5.68. The van der Waals surface area contributed by atoms with E-state index in [1.54, 1.807) is 12.1 Å². The van der Waals surface area contributed by atoms with E-state index >= 15 is 0 Å². The molecule has 0 aliphatic rings. The lowest BCUT2D eigenvalue weighted by Gasteiger charge is -1.88. The summed E-state index contributed by atoms with van der Waals surface area (Å²) in [6, 6.07) is 2.69. The number of furan rings is 1. The van der Waals surface area contributed by atoms with E-state index in [4.69, 9.17) is 10.2 Å². The molecule has 0 aliphatic carbocycles. The summed E-state index contributed by atoms with van der Waals surface area (Å²) in [4.78, 5) is 10.2. The van der Waals surface area contributed by atoms with E-state index in [0.717, 1.165) is 0 Å². The monoisotopic (exact) mass is 231 g/mol. The Bertz CT molecular complexity index is 307. The van der Waals surface area contributed by atoms with Gasteiger partial charge in [0.05, 0.1) is 6.21 Å². The molecule has 1 rings (SSSR count). The second-order valence-electron chi connectivity index (χ2n) is 1.88. The molecule has 0 fully saturated rings. The molecule has 6 heteroatoms. The second kappa shape index (κ2) is 3.91. The van der Waals surface area contributed by atoms with E-state index in [1.807, 2.05) is 5.43 Å². The Hall–Kier alpha value is -1.30. The van der Waals surface area contributed by atoms with Crippen molar-refractivity contribution in [3.05, 3.63) is 22.6 Å². The fourth-order valence-electron chi connectivity index (χ4n) is 0.557. The molecule has 0 spiro atoms. The third-order valence-electron chi connectivity index (χ3n) is 0.961. The van der Waals surface area contributed by atoms with Gasteiger partial charge in [-0.05, 0) is 28.1 Å². The number of nitrogens with two attached hydrogens (primary N) is 1. The molecule has 64 valence electrons. The van der Waals surface area contributed by atoms with Crippen LogP contribution in [0.15, 0.2) is 26.3 Å². The molecular formula is C6H6BrN3O2. The summed E-state index contributed by atoms with van der Waals surface area (Å²) in [5.41, 5.74) is 6.79. The Labute approximate surface area is 76.7 Å². The summed E-state index contributed by atoms with van der Waals surface area (Å²) < 4.78 is 5.64. The minimum absolute atomic E-state index is 0.524. The van der Waals surface area contributed by atoms with Crippen molar-refractivity contribution in [2.45, 2.75) is 0 Å². The van der Waals surface area contributed by atoms with E-state index < -0.39 is 6.03 Å². The Kier molecular flexibility index (Phi) is 2.87. The van der Waals surface area contributed by atoms with Crippen LogP contribution in [0.1, 0.15) is 5.76 Å². The van der Waals surface area contributed by atoms with Crippen molar-refractivity contribution in [2.24, 2.45) is 10.8 Å². The van der Waals surface area contributed by atoms with Gasteiger partial charge in [-0.25, -0.2) is 10.2 Å². The van der Waals surface area contributed by atoms with Crippen LogP contribution in [-0.4, -0.2) is 12.2 Å². The molecule has 0 bridgehead atoms. The quantitative estimate of drug-likeness (QED) is 0.590. The SMILES string of the molecule is NC(=O)N/N=C\c1ccc(Br)o1. The number of amides is 2. The number of primary amides is 1. The lowest BCUT2D eigenvalue weighted by atomic mass is 10.5. The highest BCUT2D eigenvalue weighted by atomic mass is 79.9. The molecule has 0 radical (unpaired) electrons. The van der Waals surface area contributed by atoms with Gasteiger partial charge in [0.2, 0.25) is 0 Å². The first-order valence-electron chi connectivity index (χ1n) is 3.02. The second-order valence-corrected chi connectivity index (χ2v) is 2.66. The van der Waals surface area contributed by atoms with Crippen molar-refractivity contribution in [3.63, 3.8) is 0 Å². The van der Waals surface area contributed by atoms with E-state index in [0.29, 0.717) is 10.4 Å². The molecule has 12 heavy (non-hydrogen) atoms. The molecule has 1 heterocycles.